The predicted octanol–water partition coefficient (Wildman–Crippen LogP) is 21.1. The highest BCUT2D eigenvalue weighted by Crippen LogP contribution is 2.38. The van der Waals surface area contributed by atoms with Gasteiger partial charge in [0.25, 0.3) is 7.82 Å². The van der Waals surface area contributed by atoms with Gasteiger partial charge < -0.3 is 27.9 Å². The lowest BCUT2D eigenvalue weighted by Gasteiger charge is -2.28. The lowest BCUT2D eigenvalue weighted by atomic mass is 10.0. The second kappa shape index (κ2) is 59.6. The molecule has 0 aromatic rings. The quantitative estimate of drug-likeness (QED) is 0.0256. The summed E-state index contributed by atoms with van der Waals surface area (Å²) in [6, 6.07) is 0. The predicted molar refractivity (Wildman–Crippen MR) is 329 cm³/mol. The zero-order chi connectivity index (χ0) is 56.3. The Morgan fingerprint density at radius 3 is 0.831 bits per heavy atom. The molecule has 2 atom stereocenters. The highest BCUT2D eigenvalue weighted by Gasteiger charge is 2.22. The Kier molecular flexibility index (Phi) is 58.9. The zero-order valence-electron chi connectivity index (χ0n) is 52.5. The number of ether oxygens (including phenoxy) is 2. The Morgan fingerprint density at radius 1 is 0.351 bits per heavy atom. The molecule has 0 N–H and O–H groups in total. The van der Waals surface area contributed by atoms with Crippen LogP contribution in [0.2, 0.25) is 0 Å². The van der Waals surface area contributed by atoms with Crippen LogP contribution in [0.3, 0.4) is 0 Å². The number of carbonyl (C=O) groups excluding carboxylic acids is 2. The van der Waals surface area contributed by atoms with Crippen LogP contribution >= 0.6 is 7.82 Å². The number of unbranched alkanes of at least 4 members (excludes halogenated alkanes) is 51. The minimum Gasteiger partial charge on any atom is -0.756 e. The summed E-state index contributed by atoms with van der Waals surface area (Å²) in [4.78, 5) is 37.8. The topological polar surface area (TPSA) is 111 Å². The highest BCUT2D eigenvalue weighted by atomic mass is 31.2. The van der Waals surface area contributed by atoms with Crippen LogP contribution in [-0.4, -0.2) is 70.0 Å². The fourth-order valence-corrected chi connectivity index (χ4v) is 11.3. The van der Waals surface area contributed by atoms with Crippen LogP contribution < -0.4 is 4.89 Å². The first-order valence-corrected chi connectivity index (χ1v) is 35.7. The summed E-state index contributed by atoms with van der Waals surface area (Å²) in [6.07, 6.45) is 70.8. The largest absolute Gasteiger partial charge is 0.756 e. The van der Waals surface area contributed by atoms with E-state index in [1.54, 1.807) is 0 Å². The van der Waals surface area contributed by atoms with E-state index in [9.17, 15) is 19.0 Å². The van der Waals surface area contributed by atoms with Crippen molar-refractivity contribution in [2.45, 2.75) is 373 Å². The average molecular weight is 1110 g/mol. The van der Waals surface area contributed by atoms with Gasteiger partial charge in [-0.1, -0.05) is 341 Å². The monoisotopic (exact) mass is 1110 g/mol. The molecule has 0 aliphatic rings. The number of likely N-dealkylation sites (N-methyl/N-ethyl adjacent to an activating group) is 1. The summed E-state index contributed by atoms with van der Waals surface area (Å²) >= 11 is 0. The molecule has 0 amide bonds. The van der Waals surface area contributed by atoms with Gasteiger partial charge in [-0.2, -0.15) is 0 Å². The first kappa shape index (κ1) is 76.0. The third-order valence-electron chi connectivity index (χ3n) is 15.9. The molecule has 2 unspecified atom stereocenters. The number of esters is 2. The van der Waals surface area contributed by atoms with Crippen LogP contribution in [-0.2, 0) is 32.7 Å². The number of quaternary nitrogens is 1. The van der Waals surface area contributed by atoms with E-state index in [1.165, 1.54) is 302 Å². The van der Waals surface area contributed by atoms with Gasteiger partial charge in [-0.3, -0.25) is 14.2 Å². The van der Waals surface area contributed by atoms with E-state index >= 15 is 0 Å². The van der Waals surface area contributed by atoms with Gasteiger partial charge in [0.2, 0.25) is 0 Å². The Balaban J connectivity index is 3.79. The number of hydrogen-bond acceptors (Lipinski definition) is 8. The van der Waals surface area contributed by atoms with Crippen LogP contribution in [0.25, 0.3) is 0 Å². The zero-order valence-corrected chi connectivity index (χ0v) is 53.4. The first-order valence-electron chi connectivity index (χ1n) is 34.2. The molecule has 0 saturated heterocycles. The van der Waals surface area contributed by atoms with Crippen molar-refractivity contribution in [3.63, 3.8) is 0 Å². The molecule has 460 valence electrons. The first-order chi connectivity index (χ1) is 37.5. The van der Waals surface area contributed by atoms with Gasteiger partial charge in [-0.15, -0.1) is 0 Å². The smallest absolute Gasteiger partial charge is 0.306 e. The van der Waals surface area contributed by atoms with E-state index in [2.05, 4.69) is 13.8 Å². The molecule has 0 aliphatic carbocycles. The van der Waals surface area contributed by atoms with Crippen LogP contribution in [0.15, 0.2) is 0 Å². The van der Waals surface area contributed by atoms with Crippen molar-refractivity contribution in [3.05, 3.63) is 0 Å². The molecule has 0 spiro atoms. The lowest BCUT2D eigenvalue weighted by molar-refractivity contribution is -0.870. The maximum absolute atomic E-state index is 12.8. The van der Waals surface area contributed by atoms with Crippen LogP contribution in [0.4, 0.5) is 0 Å². The second-order valence-corrected chi connectivity index (χ2v) is 26.3. The maximum Gasteiger partial charge on any atom is 0.306 e. The van der Waals surface area contributed by atoms with E-state index in [1.807, 2.05) is 21.1 Å². The molecule has 0 aromatic heterocycles. The SMILES string of the molecule is CCCCCCCCCCCCCCCCCCCCCCCCCCCCCCCCCCCCCCCCCCC(=O)OC(COC(=O)CCCCCCCCCCCCCCC)COP(=O)([O-])OCC[N+](C)(C)C. The summed E-state index contributed by atoms with van der Waals surface area (Å²) in [6.45, 7) is 4.31. The molecule has 0 aromatic carbocycles. The number of carbonyl (C=O) groups is 2. The van der Waals surface area contributed by atoms with E-state index < -0.39 is 26.5 Å². The minimum atomic E-state index is -4.63. The lowest BCUT2D eigenvalue weighted by Crippen LogP contribution is -2.37. The molecule has 0 bridgehead atoms. The normalized spacial score (nSPS) is 13.1. The van der Waals surface area contributed by atoms with Crippen molar-refractivity contribution in [1.82, 2.24) is 0 Å². The molecule has 9 nitrogen and oxygen atoms in total. The van der Waals surface area contributed by atoms with Crippen molar-refractivity contribution in [2.75, 3.05) is 47.5 Å². The van der Waals surface area contributed by atoms with Gasteiger partial charge in [0.05, 0.1) is 27.7 Å². The molecule has 0 fully saturated rings. The summed E-state index contributed by atoms with van der Waals surface area (Å²) in [5.41, 5.74) is 0. The number of nitrogens with zero attached hydrogens (tertiary/aromatic N) is 1. The summed E-state index contributed by atoms with van der Waals surface area (Å²) < 4.78 is 34.2. The molecule has 0 rings (SSSR count). The van der Waals surface area contributed by atoms with Crippen LogP contribution in [0, 0.1) is 0 Å². The van der Waals surface area contributed by atoms with Gasteiger partial charge in [0.1, 0.15) is 19.8 Å². The molecular formula is C67H134NO8P. The maximum atomic E-state index is 12.8. The number of rotatable bonds is 65. The van der Waals surface area contributed by atoms with Gasteiger partial charge in [0, 0.05) is 12.8 Å². The number of phosphoric ester groups is 1. The number of hydrogen-bond donors (Lipinski definition) is 0. The van der Waals surface area contributed by atoms with Crippen LogP contribution in [0.1, 0.15) is 367 Å². The molecular weight excluding hydrogens is 978 g/mol. The molecule has 0 heterocycles. The standard InChI is InChI=1S/C67H134NO8P/c1-6-8-10-12-14-16-18-20-21-22-23-24-25-26-27-28-29-30-31-32-33-34-35-36-37-38-39-40-41-42-43-44-45-46-48-50-52-54-56-58-60-67(70)76-65(64-75-77(71,72)74-62-61-68(3,4)5)63-73-66(69)59-57-55-53-51-49-47-19-17-15-13-11-9-7-2/h65H,6-64H2,1-5H3. The Bertz CT molecular complexity index is 1260. The third-order valence-corrected chi connectivity index (χ3v) is 16.8. The molecule has 10 heteroatoms. The van der Waals surface area contributed by atoms with Crippen molar-refractivity contribution >= 4 is 19.8 Å². The van der Waals surface area contributed by atoms with Crippen molar-refractivity contribution in [3.8, 4) is 0 Å². The van der Waals surface area contributed by atoms with Gasteiger partial charge in [-0.05, 0) is 12.8 Å². The van der Waals surface area contributed by atoms with E-state index in [0.717, 1.165) is 32.1 Å². The molecule has 0 aliphatic heterocycles. The van der Waals surface area contributed by atoms with E-state index in [-0.39, 0.29) is 32.0 Å². The Hall–Kier alpha value is -0.990. The van der Waals surface area contributed by atoms with Crippen molar-refractivity contribution < 1.29 is 42.1 Å². The molecule has 77 heavy (non-hydrogen) atoms. The third kappa shape index (κ3) is 64.1. The van der Waals surface area contributed by atoms with Gasteiger partial charge in [0.15, 0.2) is 6.10 Å². The van der Waals surface area contributed by atoms with E-state index in [0.29, 0.717) is 17.4 Å². The summed E-state index contributed by atoms with van der Waals surface area (Å²) in [7, 11) is 1.19. The van der Waals surface area contributed by atoms with E-state index in [4.69, 9.17) is 18.5 Å². The fraction of sp³-hybridized carbons (Fsp3) is 0.970. The van der Waals surface area contributed by atoms with Gasteiger partial charge in [-0.25, -0.2) is 0 Å². The second-order valence-electron chi connectivity index (χ2n) is 24.9. The summed E-state index contributed by atoms with van der Waals surface area (Å²) in [5, 5.41) is 0. The van der Waals surface area contributed by atoms with Crippen molar-refractivity contribution in [2.24, 2.45) is 0 Å². The fourth-order valence-electron chi connectivity index (χ4n) is 10.6. The summed E-state index contributed by atoms with van der Waals surface area (Å²) in [5.74, 6) is -0.810. The molecule has 0 radical (unpaired) electrons. The Labute approximate surface area is 480 Å². The average Bonchev–Trinajstić information content (AvgIpc) is 3.39. The Morgan fingerprint density at radius 2 is 0.584 bits per heavy atom. The molecule has 0 saturated carbocycles. The van der Waals surface area contributed by atoms with Crippen LogP contribution in [0.5, 0.6) is 0 Å². The highest BCUT2D eigenvalue weighted by molar-refractivity contribution is 7.45. The van der Waals surface area contributed by atoms with Crippen molar-refractivity contribution in [1.29, 1.82) is 0 Å². The van der Waals surface area contributed by atoms with Gasteiger partial charge >= 0.3 is 11.9 Å². The minimum absolute atomic E-state index is 0.0252. The number of phosphoric acid groups is 1.